The molecule has 7 nitrogen and oxygen atoms in total. The SMILES string of the molecule is O=C(O)CN(C(=O)CSCc1cc(=O)n2ccsc2n1)C1CC1. The van der Waals surface area contributed by atoms with Crippen LogP contribution < -0.4 is 5.56 Å². The molecule has 1 aliphatic carbocycles. The summed E-state index contributed by atoms with van der Waals surface area (Å²) in [5.41, 5.74) is 0.495. The van der Waals surface area contributed by atoms with Gasteiger partial charge in [0.15, 0.2) is 4.96 Å². The van der Waals surface area contributed by atoms with Gasteiger partial charge in [-0.1, -0.05) is 0 Å². The Hall–Kier alpha value is -1.87. The van der Waals surface area contributed by atoms with Crippen LogP contribution in [0.5, 0.6) is 0 Å². The number of fused-ring (bicyclic) bond motifs is 1. The number of thiazole rings is 1. The average molecular weight is 353 g/mol. The number of hydrogen-bond acceptors (Lipinski definition) is 6. The highest BCUT2D eigenvalue weighted by Crippen LogP contribution is 2.27. The van der Waals surface area contributed by atoms with E-state index >= 15 is 0 Å². The van der Waals surface area contributed by atoms with E-state index in [1.54, 1.807) is 11.6 Å². The Balaban J connectivity index is 1.58. The highest BCUT2D eigenvalue weighted by molar-refractivity contribution is 7.99. The molecule has 1 N–H and O–H groups in total. The van der Waals surface area contributed by atoms with E-state index in [4.69, 9.17) is 5.11 Å². The third-order valence-corrected chi connectivity index (χ3v) is 5.15. The Morgan fingerprint density at radius 2 is 2.26 bits per heavy atom. The summed E-state index contributed by atoms with van der Waals surface area (Å²) < 4.78 is 1.48. The minimum absolute atomic E-state index is 0.0736. The zero-order valence-electron chi connectivity index (χ0n) is 12.2. The topological polar surface area (TPSA) is 92.0 Å². The third-order valence-electron chi connectivity index (χ3n) is 3.45. The molecule has 9 heteroatoms. The number of thioether (sulfide) groups is 1. The molecule has 1 fully saturated rings. The van der Waals surface area contributed by atoms with E-state index in [9.17, 15) is 14.4 Å². The van der Waals surface area contributed by atoms with E-state index < -0.39 is 5.97 Å². The van der Waals surface area contributed by atoms with Gasteiger partial charge in [-0.25, -0.2) is 4.98 Å². The van der Waals surface area contributed by atoms with E-state index in [0.29, 0.717) is 16.4 Å². The first kappa shape index (κ1) is 16.0. The van der Waals surface area contributed by atoms with Crippen molar-refractivity contribution >= 4 is 39.9 Å². The fourth-order valence-electron chi connectivity index (χ4n) is 2.24. The van der Waals surface area contributed by atoms with Gasteiger partial charge in [-0.15, -0.1) is 23.1 Å². The van der Waals surface area contributed by atoms with Crippen LogP contribution in [-0.2, 0) is 15.3 Å². The van der Waals surface area contributed by atoms with Crippen molar-refractivity contribution in [1.29, 1.82) is 0 Å². The quantitative estimate of drug-likeness (QED) is 0.800. The minimum Gasteiger partial charge on any atom is -0.480 e. The number of hydrogen-bond donors (Lipinski definition) is 1. The Labute approximate surface area is 139 Å². The number of carboxylic acids is 1. The number of aromatic nitrogens is 2. The molecule has 122 valence electrons. The van der Waals surface area contributed by atoms with Crippen molar-refractivity contribution in [3.63, 3.8) is 0 Å². The molecular weight excluding hydrogens is 338 g/mol. The van der Waals surface area contributed by atoms with Crippen LogP contribution in [0.2, 0.25) is 0 Å². The van der Waals surface area contributed by atoms with Crippen molar-refractivity contribution in [3.8, 4) is 0 Å². The molecule has 2 aromatic rings. The zero-order chi connectivity index (χ0) is 16.4. The Kier molecular flexibility index (Phi) is 4.67. The summed E-state index contributed by atoms with van der Waals surface area (Å²) in [5.74, 6) is -0.530. The van der Waals surface area contributed by atoms with Gasteiger partial charge < -0.3 is 10.0 Å². The first-order chi connectivity index (χ1) is 11.0. The predicted molar refractivity (Wildman–Crippen MR) is 87.9 cm³/mol. The van der Waals surface area contributed by atoms with Gasteiger partial charge in [-0.05, 0) is 12.8 Å². The lowest BCUT2D eigenvalue weighted by Crippen LogP contribution is -2.38. The number of amides is 1. The smallest absolute Gasteiger partial charge is 0.323 e. The summed E-state index contributed by atoms with van der Waals surface area (Å²) >= 11 is 2.73. The van der Waals surface area contributed by atoms with Gasteiger partial charge in [0.2, 0.25) is 5.91 Å². The van der Waals surface area contributed by atoms with Crippen molar-refractivity contribution in [2.45, 2.75) is 24.6 Å². The van der Waals surface area contributed by atoms with Crippen molar-refractivity contribution in [2.24, 2.45) is 0 Å². The maximum Gasteiger partial charge on any atom is 0.323 e. The van der Waals surface area contributed by atoms with Crippen LogP contribution in [0.4, 0.5) is 0 Å². The molecular formula is C14H15N3O4S2. The first-order valence-corrected chi connectivity index (χ1v) is 9.13. The number of carboxylic acid groups (broad SMARTS) is 1. The van der Waals surface area contributed by atoms with E-state index in [-0.39, 0.29) is 29.8 Å². The van der Waals surface area contributed by atoms with Crippen molar-refractivity contribution in [1.82, 2.24) is 14.3 Å². The fourth-order valence-corrected chi connectivity index (χ4v) is 3.78. The zero-order valence-corrected chi connectivity index (χ0v) is 13.8. The molecule has 0 bridgehead atoms. The summed E-state index contributed by atoms with van der Waals surface area (Å²) in [5, 5.41) is 10.7. The Morgan fingerprint density at radius 1 is 1.48 bits per heavy atom. The van der Waals surface area contributed by atoms with Crippen LogP contribution in [-0.4, -0.2) is 49.6 Å². The predicted octanol–water partition coefficient (Wildman–Crippen LogP) is 1.06. The van der Waals surface area contributed by atoms with Gasteiger partial charge in [-0.3, -0.25) is 18.8 Å². The number of aliphatic carboxylic acids is 1. The summed E-state index contributed by atoms with van der Waals surface area (Å²) in [7, 11) is 0. The minimum atomic E-state index is -0.993. The lowest BCUT2D eigenvalue weighted by molar-refractivity contribution is -0.143. The molecule has 0 spiro atoms. The molecule has 2 heterocycles. The normalized spacial score (nSPS) is 14.1. The van der Waals surface area contributed by atoms with Gasteiger partial charge in [0.25, 0.3) is 5.56 Å². The van der Waals surface area contributed by atoms with E-state index in [1.165, 1.54) is 38.5 Å². The lowest BCUT2D eigenvalue weighted by Gasteiger charge is -2.19. The molecule has 0 unspecified atom stereocenters. The second-order valence-electron chi connectivity index (χ2n) is 5.28. The van der Waals surface area contributed by atoms with Crippen LogP contribution in [0, 0.1) is 0 Å². The van der Waals surface area contributed by atoms with Crippen LogP contribution in [0.3, 0.4) is 0 Å². The monoisotopic (exact) mass is 353 g/mol. The van der Waals surface area contributed by atoms with Crippen LogP contribution in [0.1, 0.15) is 18.5 Å². The first-order valence-electron chi connectivity index (χ1n) is 7.09. The molecule has 0 radical (unpaired) electrons. The lowest BCUT2D eigenvalue weighted by atomic mass is 10.4. The molecule has 1 aliphatic rings. The fraction of sp³-hybridized carbons (Fsp3) is 0.429. The van der Waals surface area contributed by atoms with Crippen LogP contribution in [0.25, 0.3) is 4.96 Å². The second-order valence-corrected chi connectivity index (χ2v) is 7.14. The van der Waals surface area contributed by atoms with Gasteiger partial charge >= 0.3 is 5.97 Å². The van der Waals surface area contributed by atoms with Crippen LogP contribution >= 0.6 is 23.1 Å². The van der Waals surface area contributed by atoms with E-state index in [2.05, 4.69) is 4.98 Å². The average Bonchev–Trinajstić information content (AvgIpc) is 3.22. The Morgan fingerprint density at radius 3 is 2.96 bits per heavy atom. The summed E-state index contributed by atoms with van der Waals surface area (Å²) in [6.45, 7) is -0.245. The van der Waals surface area contributed by atoms with Crippen molar-refractivity contribution in [2.75, 3.05) is 12.3 Å². The highest BCUT2D eigenvalue weighted by atomic mass is 32.2. The summed E-state index contributed by atoms with van der Waals surface area (Å²) in [6, 6.07) is 1.54. The highest BCUT2D eigenvalue weighted by Gasteiger charge is 2.33. The molecule has 3 rings (SSSR count). The molecule has 0 aliphatic heterocycles. The number of rotatable bonds is 7. The molecule has 1 saturated carbocycles. The van der Waals surface area contributed by atoms with E-state index in [0.717, 1.165) is 12.8 Å². The maximum absolute atomic E-state index is 12.1. The number of nitrogens with zero attached hydrogens (tertiary/aromatic N) is 3. The molecule has 0 atom stereocenters. The molecule has 0 aromatic carbocycles. The number of carbonyl (C=O) groups is 2. The maximum atomic E-state index is 12.1. The van der Waals surface area contributed by atoms with Crippen LogP contribution in [0.15, 0.2) is 22.4 Å². The van der Waals surface area contributed by atoms with Crippen molar-refractivity contribution < 1.29 is 14.7 Å². The molecule has 1 amide bonds. The van der Waals surface area contributed by atoms with Crippen molar-refractivity contribution in [3.05, 3.63) is 33.7 Å². The molecule has 0 saturated heterocycles. The van der Waals surface area contributed by atoms with E-state index in [1.807, 2.05) is 0 Å². The number of carbonyl (C=O) groups excluding carboxylic acids is 1. The van der Waals surface area contributed by atoms with Gasteiger partial charge in [0, 0.05) is 29.4 Å². The van der Waals surface area contributed by atoms with Gasteiger partial charge in [-0.2, -0.15) is 0 Å². The summed E-state index contributed by atoms with van der Waals surface area (Å²) in [4.78, 5) is 41.3. The molecule has 2 aromatic heterocycles. The van der Waals surface area contributed by atoms with Gasteiger partial charge in [0.1, 0.15) is 6.54 Å². The Bertz CT molecular complexity index is 797. The van der Waals surface area contributed by atoms with Gasteiger partial charge in [0.05, 0.1) is 11.4 Å². The molecule has 23 heavy (non-hydrogen) atoms. The summed E-state index contributed by atoms with van der Waals surface area (Å²) in [6.07, 6.45) is 3.42. The standard InChI is InChI=1S/C14H15N3O4S2/c18-11-5-9(15-14-16(11)3-4-23-14)7-22-8-12(19)17(6-13(20)21)10-1-2-10/h3-5,10H,1-2,6-8H2,(H,20,21). The third kappa shape index (κ3) is 3.91. The largest absolute Gasteiger partial charge is 0.480 e. The second kappa shape index (κ2) is 6.71.